The number of hydrogen-bond acceptors (Lipinski definition) is 3. The smallest absolute Gasteiger partial charge is 0.225 e. The third-order valence-corrected chi connectivity index (χ3v) is 4.59. The van der Waals surface area contributed by atoms with Gasteiger partial charge < -0.3 is 20.3 Å². The predicted molar refractivity (Wildman–Crippen MR) is 110 cm³/mol. The lowest BCUT2D eigenvalue weighted by Crippen LogP contribution is -2.45. The standard InChI is InChI=1S/C21H34N4O2/c1-15(2)20(26)25-10-9-19(13-25)24-21(22-5)23-12-17-7-6-8-18(11-17)14-27-16(3)4/h6-8,11,15-16,19H,9-10,12-14H2,1-5H3,(H2,22,23,24). The number of carbonyl (C=O) groups is 1. The summed E-state index contributed by atoms with van der Waals surface area (Å²) in [6.45, 7) is 10.8. The van der Waals surface area contributed by atoms with E-state index in [-0.39, 0.29) is 24.0 Å². The van der Waals surface area contributed by atoms with E-state index in [4.69, 9.17) is 4.74 Å². The highest BCUT2D eigenvalue weighted by molar-refractivity contribution is 5.81. The van der Waals surface area contributed by atoms with E-state index >= 15 is 0 Å². The number of hydrogen-bond donors (Lipinski definition) is 2. The molecule has 0 saturated carbocycles. The van der Waals surface area contributed by atoms with Crippen molar-refractivity contribution >= 4 is 11.9 Å². The Labute approximate surface area is 163 Å². The molecule has 1 saturated heterocycles. The molecule has 1 fully saturated rings. The Kier molecular flexibility index (Phi) is 8.10. The highest BCUT2D eigenvalue weighted by Gasteiger charge is 2.27. The van der Waals surface area contributed by atoms with Crippen LogP contribution in [0.4, 0.5) is 0 Å². The zero-order valence-electron chi connectivity index (χ0n) is 17.3. The number of likely N-dealkylation sites (tertiary alicyclic amines) is 1. The van der Waals surface area contributed by atoms with E-state index in [0.717, 1.165) is 25.5 Å². The molecule has 6 heteroatoms. The van der Waals surface area contributed by atoms with E-state index < -0.39 is 0 Å². The summed E-state index contributed by atoms with van der Waals surface area (Å²) >= 11 is 0. The second-order valence-corrected chi connectivity index (χ2v) is 7.67. The maximum atomic E-state index is 12.1. The molecule has 0 bridgehead atoms. The molecule has 2 N–H and O–H groups in total. The number of nitrogens with zero attached hydrogens (tertiary/aromatic N) is 2. The Hall–Kier alpha value is -2.08. The number of benzene rings is 1. The lowest BCUT2D eigenvalue weighted by Gasteiger charge is -2.20. The summed E-state index contributed by atoms with van der Waals surface area (Å²) in [6.07, 6.45) is 1.17. The number of nitrogens with one attached hydrogen (secondary N) is 2. The Morgan fingerprint density at radius 2 is 2.04 bits per heavy atom. The number of rotatable bonds is 7. The molecule has 0 radical (unpaired) electrons. The fourth-order valence-corrected chi connectivity index (χ4v) is 3.11. The van der Waals surface area contributed by atoms with Crippen LogP contribution in [0, 0.1) is 5.92 Å². The molecule has 27 heavy (non-hydrogen) atoms. The molecule has 1 unspecified atom stereocenters. The summed E-state index contributed by atoms with van der Waals surface area (Å²) < 4.78 is 5.68. The van der Waals surface area contributed by atoms with Crippen molar-refractivity contribution in [1.29, 1.82) is 0 Å². The average molecular weight is 375 g/mol. The second-order valence-electron chi connectivity index (χ2n) is 7.67. The van der Waals surface area contributed by atoms with Crippen LogP contribution in [0.1, 0.15) is 45.2 Å². The van der Waals surface area contributed by atoms with E-state index in [1.807, 2.05) is 32.6 Å². The van der Waals surface area contributed by atoms with Crippen molar-refractivity contribution < 1.29 is 9.53 Å². The normalized spacial score (nSPS) is 17.7. The van der Waals surface area contributed by atoms with E-state index in [1.165, 1.54) is 11.1 Å². The SMILES string of the molecule is CN=C(NCc1cccc(COC(C)C)c1)NC1CCN(C(=O)C(C)C)C1. The van der Waals surface area contributed by atoms with Crippen molar-refractivity contribution in [3.05, 3.63) is 35.4 Å². The third-order valence-electron chi connectivity index (χ3n) is 4.59. The first-order valence-electron chi connectivity index (χ1n) is 9.84. The van der Waals surface area contributed by atoms with E-state index in [1.54, 1.807) is 7.05 Å². The van der Waals surface area contributed by atoms with Crippen LogP contribution in [0.3, 0.4) is 0 Å². The number of carbonyl (C=O) groups excluding carboxylic acids is 1. The summed E-state index contributed by atoms with van der Waals surface area (Å²) in [7, 11) is 1.77. The molecule has 6 nitrogen and oxygen atoms in total. The monoisotopic (exact) mass is 374 g/mol. The molecule has 0 aliphatic carbocycles. The second kappa shape index (κ2) is 10.3. The van der Waals surface area contributed by atoms with Gasteiger partial charge in [-0.2, -0.15) is 0 Å². The topological polar surface area (TPSA) is 66.0 Å². The van der Waals surface area contributed by atoms with Crippen molar-refractivity contribution in [3.63, 3.8) is 0 Å². The van der Waals surface area contributed by atoms with Gasteiger partial charge in [-0.25, -0.2) is 0 Å². The van der Waals surface area contributed by atoms with Gasteiger partial charge in [0.05, 0.1) is 12.7 Å². The summed E-state index contributed by atoms with van der Waals surface area (Å²) in [4.78, 5) is 18.4. The van der Waals surface area contributed by atoms with Crippen LogP contribution >= 0.6 is 0 Å². The molecule has 1 aromatic rings. The minimum atomic E-state index is 0.0492. The molecule has 1 aliphatic heterocycles. The van der Waals surface area contributed by atoms with E-state index in [0.29, 0.717) is 13.2 Å². The van der Waals surface area contributed by atoms with Crippen LogP contribution in [0.25, 0.3) is 0 Å². The first-order chi connectivity index (χ1) is 12.9. The molecule has 1 aliphatic rings. The molecule has 0 aromatic heterocycles. The first kappa shape index (κ1) is 21.2. The predicted octanol–water partition coefficient (Wildman–Crippen LogP) is 2.53. The highest BCUT2D eigenvalue weighted by atomic mass is 16.5. The van der Waals surface area contributed by atoms with Crippen molar-refractivity contribution in [2.75, 3.05) is 20.1 Å². The van der Waals surface area contributed by atoms with Gasteiger partial charge in [-0.15, -0.1) is 0 Å². The molecule has 2 rings (SSSR count). The number of guanidine groups is 1. The lowest BCUT2D eigenvalue weighted by atomic mass is 10.1. The van der Waals surface area contributed by atoms with Gasteiger partial charge in [-0.05, 0) is 31.4 Å². The Morgan fingerprint density at radius 1 is 1.30 bits per heavy atom. The van der Waals surface area contributed by atoms with Crippen molar-refractivity contribution in [3.8, 4) is 0 Å². The fraction of sp³-hybridized carbons (Fsp3) is 0.619. The summed E-state index contributed by atoms with van der Waals surface area (Å²) in [5.41, 5.74) is 2.36. The Balaban J connectivity index is 1.82. The van der Waals surface area contributed by atoms with Gasteiger partial charge in [0.25, 0.3) is 0 Å². The number of ether oxygens (including phenoxy) is 1. The van der Waals surface area contributed by atoms with Crippen LogP contribution in [0.2, 0.25) is 0 Å². The zero-order valence-corrected chi connectivity index (χ0v) is 17.3. The lowest BCUT2D eigenvalue weighted by molar-refractivity contribution is -0.133. The maximum absolute atomic E-state index is 12.1. The molecule has 1 atom stereocenters. The molecule has 1 heterocycles. The van der Waals surface area contributed by atoms with Gasteiger partial charge in [0.2, 0.25) is 5.91 Å². The van der Waals surface area contributed by atoms with Crippen molar-refractivity contribution in [2.45, 2.75) is 59.4 Å². The summed E-state index contributed by atoms with van der Waals surface area (Å²) in [5, 5.41) is 6.80. The Morgan fingerprint density at radius 3 is 2.70 bits per heavy atom. The third kappa shape index (κ3) is 6.86. The molecular formula is C21H34N4O2. The molecule has 0 spiro atoms. The first-order valence-corrected chi connectivity index (χ1v) is 9.84. The zero-order chi connectivity index (χ0) is 19.8. The van der Waals surface area contributed by atoms with Crippen LogP contribution in [-0.4, -0.2) is 49.0 Å². The fourth-order valence-electron chi connectivity index (χ4n) is 3.11. The quantitative estimate of drug-likeness (QED) is 0.569. The van der Waals surface area contributed by atoms with Gasteiger partial charge in [0, 0.05) is 38.6 Å². The number of amides is 1. The van der Waals surface area contributed by atoms with Crippen LogP contribution in [0.15, 0.2) is 29.3 Å². The summed E-state index contributed by atoms with van der Waals surface area (Å²) in [5.74, 6) is 1.04. The largest absolute Gasteiger partial charge is 0.374 e. The molecule has 150 valence electrons. The van der Waals surface area contributed by atoms with Gasteiger partial charge in [-0.1, -0.05) is 38.1 Å². The number of aliphatic imine (C=N–C) groups is 1. The van der Waals surface area contributed by atoms with E-state index in [2.05, 4.69) is 39.9 Å². The van der Waals surface area contributed by atoms with Crippen molar-refractivity contribution in [2.24, 2.45) is 10.9 Å². The minimum Gasteiger partial charge on any atom is -0.374 e. The Bertz CT molecular complexity index is 643. The molecule has 1 aromatic carbocycles. The molecular weight excluding hydrogens is 340 g/mol. The molecule has 1 amide bonds. The highest BCUT2D eigenvalue weighted by Crippen LogP contribution is 2.13. The van der Waals surface area contributed by atoms with Crippen LogP contribution < -0.4 is 10.6 Å². The van der Waals surface area contributed by atoms with Gasteiger partial charge in [-0.3, -0.25) is 9.79 Å². The van der Waals surface area contributed by atoms with E-state index in [9.17, 15) is 4.79 Å². The van der Waals surface area contributed by atoms with Gasteiger partial charge in [0.15, 0.2) is 5.96 Å². The van der Waals surface area contributed by atoms with Gasteiger partial charge in [0.1, 0.15) is 0 Å². The summed E-state index contributed by atoms with van der Waals surface area (Å²) in [6, 6.07) is 8.62. The average Bonchev–Trinajstić information content (AvgIpc) is 3.11. The van der Waals surface area contributed by atoms with Crippen LogP contribution in [0.5, 0.6) is 0 Å². The maximum Gasteiger partial charge on any atom is 0.225 e. The van der Waals surface area contributed by atoms with Gasteiger partial charge >= 0.3 is 0 Å². The minimum absolute atomic E-state index is 0.0492. The van der Waals surface area contributed by atoms with Crippen molar-refractivity contribution in [1.82, 2.24) is 15.5 Å². The van der Waals surface area contributed by atoms with Crippen LogP contribution in [-0.2, 0) is 22.7 Å².